The van der Waals surface area contributed by atoms with Crippen LogP contribution in [0.1, 0.15) is 27.7 Å². The van der Waals surface area contributed by atoms with E-state index in [1.54, 1.807) is 4.90 Å². The summed E-state index contributed by atoms with van der Waals surface area (Å²) < 4.78 is 5.38. The van der Waals surface area contributed by atoms with Gasteiger partial charge in [0.2, 0.25) is 0 Å². The van der Waals surface area contributed by atoms with Crippen molar-refractivity contribution in [3.63, 3.8) is 0 Å². The van der Waals surface area contributed by atoms with Gasteiger partial charge in [0.15, 0.2) is 0 Å². The molecule has 2 rings (SSSR count). The molecule has 18 heavy (non-hydrogen) atoms. The molecule has 2 aliphatic heterocycles. The molecule has 0 atom stereocenters. The topological polar surface area (TPSA) is 44.8 Å². The molecule has 5 heteroatoms. The number of nitrogens with zero attached hydrogens (tertiary/aromatic N) is 2. The van der Waals surface area contributed by atoms with Crippen molar-refractivity contribution in [2.24, 2.45) is 0 Å². The summed E-state index contributed by atoms with van der Waals surface area (Å²) in [6, 6.07) is 0. The van der Waals surface area contributed by atoms with E-state index in [1.807, 2.05) is 20.8 Å². The Labute approximate surface area is 109 Å². The van der Waals surface area contributed by atoms with Crippen LogP contribution in [-0.2, 0) is 4.74 Å². The van der Waals surface area contributed by atoms with Gasteiger partial charge in [0.25, 0.3) is 0 Å². The average molecular weight is 255 g/mol. The van der Waals surface area contributed by atoms with E-state index in [9.17, 15) is 4.79 Å². The maximum absolute atomic E-state index is 11.9. The predicted molar refractivity (Wildman–Crippen MR) is 70.7 cm³/mol. The molecule has 0 aromatic carbocycles. The van der Waals surface area contributed by atoms with Crippen LogP contribution in [0.3, 0.4) is 0 Å². The molecule has 2 fully saturated rings. The summed E-state index contributed by atoms with van der Waals surface area (Å²) in [5.74, 6) is 0. The minimum absolute atomic E-state index is 0.138. The van der Waals surface area contributed by atoms with Crippen molar-refractivity contribution >= 4 is 6.09 Å². The SMILES string of the molecule is CC(C)(C)OC(=O)N1CC(C)(N2CCNCC2)C1. The Kier molecular flexibility index (Phi) is 3.56. The molecular weight excluding hydrogens is 230 g/mol. The lowest BCUT2D eigenvalue weighted by atomic mass is 9.90. The highest BCUT2D eigenvalue weighted by molar-refractivity contribution is 5.69. The molecule has 1 N–H and O–H groups in total. The number of carbonyl (C=O) groups is 1. The van der Waals surface area contributed by atoms with E-state index in [2.05, 4.69) is 17.1 Å². The molecule has 0 aromatic heterocycles. The summed E-state index contributed by atoms with van der Waals surface area (Å²) in [5.41, 5.74) is -0.267. The Balaban J connectivity index is 1.83. The second-order valence-electron chi connectivity index (χ2n) is 6.57. The zero-order chi connectivity index (χ0) is 13.4. The minimum Gasteiger partial charge on any atom is -0.444 e. The summed E-state index contributed by atoms with van der Waals surface area (Å²) in [4.78, 5) is 16.2. The Hall–Kier alpha value is -0.810. The first-order valence-corrected chi connectivity index (χ1v) is 6.74. The van der Waals surface area contributed by atoms with Crippen LogP contribution in [0.4, 0.5) is 4.79 Å². The third kappa shape index (κ3) is 2.95. The Morgan fingerprint density at radius 3 is 2.28 bits per heavy atom. The molecule has 0 bridgehead atoms. The van der Waals surface area contributed by atoms with Gasteiger partial charge in [0.05, 0.1) is 5.54 Å². The van der Waals surface area contributed by atoms with Gasteiger partial charge in [-0.2, -0.15) is 0 Å². The quantitative estimate of drug-likeness (QED) is 0.756. The molecular formula is C13H25N3O2. The molecule has 0 aliphatic carbocycles. The monoisotopic (exact) mass is 255 g/mol. The molecule has 5 nitrogen and oxygen atoms in total. The molecule has 1 amide bonds. The van der Waals surface area contributed by atoms with Crippen molar-refractivity contribution in [3.8, 4) is 0 Å². The summed E-state index contributed by atoms with van der Waals surface area (Å²) >= 11 is 0. The van der Waals surface area contributed by atoms with Crippen molar-refractivity contribution in [1.82, 2.24) is 15.1 Å². The molecule has 104 valence electrons. The highest BCUT2D eigenvalue weighted by atomic mass is 16.6. The second-order valence-corrected chi connectivity index (χ2v) is 6.57. The fraction of sp³-hybridized carbons (Fsp3) is 0.923. The van der Waals surface area contributed by atoms with Crippen LogP contribution in [0.5, 0.6) is 0 Å². The number of carbonyl (C=O) groups excluding carboxylic acids is 1. The van der Waals surface area contributed by atoms with Gasteiger partial charge in [-0.25, -0.2) is 4.79 Å². The van der Waals surface area contributed by atoms with Crippen LogP contribution in [0.15, 0.2) is 0 Å². The number of rotatable bonds is 1. The summed E-state index contributed by atoms with van der Waals surface area (Å²) in [6.45, 7) is 13.7. The molecule has 2 saturated heterocycles. The highest BCUT2D eigenvalue weighted by Crippen LogP contribution is 2.29. The van der Waals surface area contributed by atoms with Crippen molar-refractivity contribution in [2.45, 2.75) is 38.8 Å². The highest BCUT2D eigenvalue weighted by Gasteiger charge is 2.46. The zero-order valence-corrected chi connectivity index (χ0v) is 12.0. The number of amides is 1. The zero-order valence-electron chi connectivity index (χ0n) is 12.0. The lowest BCUT2D eigenvalue weighted by Gasteiger charge is -2.54. The third-order valence-corrected chi connectivity index (χ3v) is 3.60. The number of hydrogen-bond donors (Lipinski definition) is 1. The molecule has 0 spiro atoms. The summed E-state index contributed by atoms with van der Waals surface area (Å²) in [6.07, 6.45) is -0.185. The average Bonchev–Trinajstić information content (AvgIpc) is 2.23. The van der Waals surface area contributed by atoms with Gasteiger partial charge < -0.3 is 15.0 Å². The third-order valence-electron chi connectivity index (χ3n) is 3.60. The van der Waals surface area contributed by atoms with Crippen LogP contribution in [0.25, 0.3) is 0 Å². The van der Waals surface area contributed by atoms with Gasteiger partial charge >= 0.3 is 6.09 Å². The molecule has 0 unspecified atom stereocenters. The maximum Gasteiger partial charge on any atom is 0.410 e. The van der Waals surface area contributed by atoms with E-state index in [0.717, 1.165) is 39.3 Å². The first kappa shape index (κ1) is 13.6. The first-order chi connectivity index (χ1) is 8.30. The van der Waals surface area contributed by atoms with E-state index < -0.39 is 5.60 Å². The van der Waals surface area contributed by atoms with E-state index in [-0.39, 0.29) is 11.6 Å². The molecule has 0 radical (unpaired) electrons. The Morgan fingerprint density at radius 1 is 1.22 bits per heavy atom. The second kappa shape index (κ2) is 4.70. The van der Waals surface area contributed by atoms with Crippen molar-refractivity contribution in [2.75, 3.05) is 39.3 Å². The van der Waals surface area contributed by atoms with Crippen LogP contribution >= 0.6 is 0 Å². The largest absolute Gasteiger partial charge is 0.444 e. The van der Waals surface area contributed by atoms with Gasteiger partial charge in [-0.05, 0) is 27.7 Å². The van der Waals surface area contributed by atoms with Crippen LogP contribution in [-0.4, -0.2) is 66.3 Å². The van der Waals surface area contributed by atoms with E-state index in [0.29, 0.717) is 0 Å². The smallest absolute Gasteiger partial charge is 0.410 e. The fourth-order valence-corrected chi connectivity index (χ4v) is 2.64. The number of ether oxygens (including phenoxy) is 1. The molecule has 2 heterocycles. The van der Waals surface area contributed by atoms with Crippen LogP contribution in [0.2, 0.25) is 0 Å². The van der Waals surface area contributed by atoms with Gasteiger partial charge in [0, 0.05) is 39.3 Å². The van der Waals surface area contributed by atoms with Crippen molar-refractivity contribution < 1.29 is 9.53 Å². The van der Waals surface area contributed by atoms with Crippen molar-refractivity contribution in [1.29, 1.82) is 0 Å². The van der Waals surface area contributed by atoms with Gasteiger partial charge in [-0.3, -0.25) is 4.90 Å². The molecule has 0 aromatic rings. The molecule has 2 aliphatic rings. The van der Waals surface area contributed by atoms with Gasteiger partial charge in [-0.1, -0.05) is 0 Å². The molecule has 0 saturated carbocycles. The Bertz CT molecular complexity index is 313. The van der Waals surface area contributed by atoms with Crippen LogP contribution in [0, 0.1) is 0 Å². The van der Waals surface area contributed by atoms with Gasteiger partial charge in [0.1, 0.15) is 5.60 Å². The van der Waals surface area contributed by atoms with E-state index >= 15 is 0 Å². The maximum atomic E-state index is 11.9. The fourth-order valence-electron chi connectivity index (χ4n) is 2.64. The summed E-state index contributed by atoms with van der Waals surface area (Å²) in [5, 5.41) is 3.35. The van der Waals surface area contributed by atoms with Gasteiger partial charge in [-0.15, -0.1) is 0 Å². The predicted octanol–water partition coefficient (Wildman–Crippen LogP) is 0.901. The standard InChI is InChI=1S/C13H25N3O2/c1-12(2,3)18-11(17)15-9-13(4,10-15)16-7-5-14-6-8-16/h14H,5-10H2,1-4H3. The normalized spacial score (nSPS) is 24.6. The summed E-state index contributed by atoms with van der Waals surface area (Å²) in [7, 11) is 0. The lowest BCUT2D eigenvalue weighted by molar-refractivity contribution is -0.0592. The van der Waals surface area contributed by atoms with Crippen molar-refractivity contribution in [3.05, 3.63) is 0 Å². The van der Waals surface area contributed by atoms with E-state index in [4.69, 9.17) is 4.74 Å². The van der Waals surface area contributed by atoms with E-state index in [1.165, 1.54) is 0 Å². The first-order valence-electron chi connectivity index (χ1n) is 6.74. The number of hydrogen-bond acceptors (Lipinski definition) is 4. The van der Waals surface area contributed by atoms with Crippen LogP contribution < -0.4 is 5.32 Å². The number of likely N-dealkylation sites (tertiary alicyclic amines) is 1. The minimum atomic E-state index is -0.405. The lowest BCUT2D eigenvalue weighted by Crippen LogP contribution is -2.72. The number of nitrogens with one attached hydrogen (secondary N) is 1. The Morgan fingerprint density at radius 2 is 1.78 bits per heavy atom. The number of piperazine rings is 1.